The Hall–Kier alpha value is -2.34. The summed E-state index contributed by atoms with van der Waals surface area (Å²) < 4.78 is 2.20. The Bertz CT molecular complexity index is 847. The largest absolute Gasteiger partial charge is 0.372 e. The molecule has 1 N–H and O–H groups in total. The lowest BCUT2D eigenvalue weighted by Crippen LogP contribution is -2.37. The Kier molecular flexibility index (Phi) is 5.90. The van der Waals surface area contributed by atoms with Crippen LogP contribution in [0, 0.1) is 12.8 Å². The number of amides is 1. The van der Waals surface area contributed by atoms with Crippen molar-refractivity contribution in [2.24, 2.45) is 5.92 Å². The van der Waals surface area contributed by atoms with Gasteiger partial charge in [-0.05, 0) is 83.3 Å². The molecule has 3 heterocycles. The van der Waals surface area contributed by atoms with Gasteiger partial charge < -0.3 is 19.7 Å². The Morgan fingerprint density at radius 1 is 1.14 bits per heavy atom. The van der Waals surface area contributed by atoms with Gasteiger partial charge in [0.25, 0.3) is 5.91 Å². The first-order chi connectivity index (χ1) is 14.0. The molecule has 0 saturated carbocycles. The number of imidazole rings is 1. The molecule has 6 nitrogen and oxygen atoms in total. The average molecular weight is 396 g/mol. The molecular weight excluding hydrogens is 362 g/mol. The summed E-state index contributed by atoms with van der Waals surface area (Å²) in [7, 11) is 4.31. The molecule has 2 aliphatic heterocycles. The van der Waals surface area contributed by atoms with E-state index < -0.39 is 0 Å². The lowest BCUT2D eigenvalue weighted by molar-refractivity contribution is 0.102. The van der Waals surface area contributed by atoms with E-state index in [4.69, 9.17) is 0 Å². The van der Waals surface area contributed by atoms with Gasteiger partial charge in [-0.2, -0.15) is 0 Å². The van der Waals surface area contributed by atoms with E-state index in [1.807, 2.05) is 19.1 Å². The van der Waals surface area contributed by atoms with Crippen molar-refractivity contribution in [2.75, 3.05) is 43.9 Å². The van der Waals surface area contributed by atoms with Gasteiger partial charge in [0.15, 0.2) is 0 Å². The summed E-state index contributed by atoms with van der Waals surface area (Å²) in [6, 6.07) is 8.26. The topological polar surface area (TPSA) is 53.4 Å². The second-order valence-electron chi connectivity index (χ2n) is 8.76. The van der Waals surface area contributed by atoms with Crippen LogP contribution in [0.2, 0.25) is 0 Å². The lowest BCUT2D eigenvalue weighted by atomic mass is 9.96. The van der Waals surface area contributed by atoms with Crippen LogP contribution in [-0.2, 0) is 13.0 Å². The number of anilines is 2. The molecule has 2 aromatic rings. The van der Waals surface area contributed by atoms with Gasteiger partial charge in [0.2, 0.25) is 0 Å². The normalized spacial score (nSPS) is 17.4. The monoisotopic (exact) mass is 395 g/mol. The molecule has 29 heavy (non-hydrogen) atoms. The number of nitrogens with zero attached hydrogens (tertiary/aromatic N) is 4. The highest BCUT2D eigenvalue weighted by Gasteiger charge is 2.23. The SMILES string of the molecule is Cc1nc(C(=O)Nc2ccc(N3CCC(CN(C)C)CC3)cc2)c2n1CCCC2. The Morgan fingerprint density at radius 3 is 2.55 bits per heavy atom. The lowest BCUT2D eigenvalue weighted by Gasteiger charge is -2.34. The molecule has 0 spiro atoms. The van der Waals surface area contributed by atoms with Crippen LogP contribution >= 0.6 is 0 Å². The van der Waals surface area contributed by atoms with Crippen molar-refractivity contribution in [3.63, 3.8) is 0 Å². The minimum atomic E-state index is -0.0963. The highest BCUT2D eigenvalue weighted by atomic mass is 16.1. The standard InChI is InChI=1S/C23H33N5O/c1-17-24-22(21-6-4-5-13-28(17)21)23(29)25-19-7-9-20(10-8-19)27-14-11-18(12-15-27)16-26(2)3/h7-10,18H,4-6,11-16H2,1-3H3,(H,25,29). The van der Waals surface area contributed by atoms with Gasteiger partial charge in [-0.15, -0.1) is 0 Å². The molecular formula is C23H33N5O. The molecule has 1 aromatic heterocycles. The van der Waals surface area contributed by atoms with Crippen molar-refractivity contribution in [1.29, 1.82) is 0 Å². The number of fused-ring (bicyclic) bond motifs is 1. The highest BCUT2D eigenvalue weighted by molar-refractivity contribution is 6.03. The van der Waals surface area contributed by atoms with Crippen molar-refractivity contribution in [2.45, 2.75) is 45.6 Å². The van der Waals surface area contributed by atoms with E-state index in [0.29, 0.717) is 5.69 Å². The average Bonchev–Trinajstić information content (AvgIpc) is 3.06. The number of aromatic nitrogens is 2. The zero-order chi connectivity index (χ0) is 20.4. The number of carbonyl (C=O) groups is 1. The highest BCUT2D eigenvalue weighted by Crippen LogP contribution is 2.26. The summed E-state index contributed by atoms with van der Waals surface area (Å²) in [5, 5.41) is 3.04. The number of hydrogen-bond acceptors (Lipinski definition) is 4. The molecule has 0 atom stereocenters. The van der Waals surface area contributed by atoms with Crippen LogP contribution in [0.15, 0.2) is 24.3 Å². The minimum absolute atomic E-state index is 0.0963. The van der Waals surface area contributed by atoms with E-state index in [9.17, 15) is 4.79 Å². The fourth-order valence-electron chi connectivity index (χ4n) is 4.74. The van der Waals surface area contributed by atoms with E-state index in [1.165, 1.54) is 31.5 Å². The van der Waals surface area contributed by atoms with Gasteiger partial charge in [0, 0.05) is 37.6 Å². The number of benzene rings is 1. The van der Waals surface area contributed by atoms with E-state index in [-0.39, 0.29) is 5.91 Å². The first kappa shape index (κ1) is 20.0. The first-order valence-electron chi connectivity index (χ1n) is 10.9. The molecule has 0 radical (unpaired) electrons. The number of piperidine rings is 1. The smallest absolute Gasteiger partial charge is 0.276 e. The third kappa shape index (κ3) is 4.47. The van der Waals surface area contributed by atoms with Gasteiger partial charge >= 0.3 is 0 Å². The summed E-state index contributed by atoms with van der Waals surface area (Å²) in [5.41, 5.74) is 3.75. The fourth-order valence-corrected chi connectivity index (χ4v) is 4.74. The van der Waals surface area contributed by atoms with E-state index in [2.05, 4.69) is 50.9 Å². The molecule has 4 rings (SSSR count). The minimum Gasteiger partial charge on any atom is -0.372 e. The van der Waals surface area contributed by atoms with Crippen molar-refractivity contribution in [3.8, 4) is 0 Å². The maximum Gasteiger partial charge on any atom is 0.276 e. The van der Waals surface area contributed by atoms with Crippen LogP contribution in [0.4, 0.5) is 11.4 Å². The maximum absolute atomic E-state index is 12.8. The molecule has 1 amide bonds. The van der Waals surface area contributed by atoms with E-state index in [0.717, 1.165) is 55.6 Å². The Balaban J connectivity index is 1.37. The molecule has 6 heteroatoms. The summed E-state index contributed by atoms with van der Waals surface area (Å²) in [6.07, 6.45) is 5.71. The van der Waals surface area contributed by atoms with Crippen LogP contribution in [0.5, 0.6) is 0 Å². The van der Waals surface area contributed by atoms with Gasteiger partial charge in [0.1, 0.15) is 11.5 Å². The first-order valence-corrected chi connectivity index (χ1v) is 10.9. The third-order valence-corrected chi connectivity index (χ3v) is 6.25. The molecule has 1 saturated heterocycles. The van der Waals surface area contributed by atoms with E-state index >= 15 is 0 Å². The quantitative estimate of drug-likeness (QED) is 0.841. The van der Waals surface area contributed by atoms with Crippen LogP contribution in [-0.4, -0.2) is 54.1 Å². The molecule has 1 fully saturated rings. The van der Waals surface area contributed by atoms with Crippen LogP contribution < -0.4 is 10.2 Å². The number of rotatable bonds is 5. The second kappa shape index (κ2) is 8.57. The molecule has 1 aromatic carbocycles. The Morgan fingerprint density at radius 2 is 1.86 bits per heavy atom. The van der Waals surface area contributed by atoms with E-state index in [1.54, 1.807) is 0 Å². The molecule has 2 aliphatic rings. The summed E-state index contributed by atoms with van der Waals surface area (Å²) in [5.74, 6) is 1.64. The van der Waals surface area contributed by atoms with Crippen molar-refractivity contribution in [3.05, 3.63) is 41.5 Å². The van der Waals surface area contributed by atoms with Crippen molar-refractivity contribution in [1.82, 2.24) is 14.5 Å². The van der Waals surface area contributed by atoms with Crippen LogP contribution in [0.25, 0.3) is 0 Å². The molecule has 0 aliphatic carbocycles. The predicted molar refractivity (Wildman–Crippen MR) is 118 cm³/mol. The number of aryl methyl sites for hydroxylation is 1. The number of carbonyl (C=O) groups excluding carboxylic acids is 1. The van der Waals surface area contributed by atoms with Crippen LogP contribution in [0.1, 0.15) is 47.7 Å². The maximum atomic E-state index is 12.8. The zero-order valence-electron chi connectivity index (χ0n) is 17.9. The van der Waals surface area contributed by atoms with Crippen LogP contribution in [0.3, 0.4) is 0 Å². The third-order valence-electron chi connectivity index (χ3n) is 6.25. The fraction of sp³-hybridized carbons (Fsp3) is 0.565. The number of hydrogen-bond donors (Lipinski definition) is 1. The van der Waals surface area contributed by atoms with Crippen molar-refractivity contribution < 1.29 is 4.79 Å². The zero-order valence-corrected chi connectivity index (χ0v) is 17.9. The molecule has 0 bridgehead atoms. The Labute approximate surface area is 173 Å². The summed E-state index contributed by atoms with van der Waals surface area (Å²) in [4.78, 5) is 22.1. The summed E-state index contributed by atoms with van der Waals surface area (Å²) in [6.45, 7) is 6.34. The predicted octanol–water partition coefficient (Wildman–Crippen LogP) is 3.56. The van der Waals surface area contributed by atoms with Gasteiger partial charge in [-0.25, -0.2) is 4.98 Å². The van der Waals surface area contributed by atoms with Gasteiger partial charge in [-0.3, -0.25) is 4.79 Å². The number of nitrogens with one attached hydrogen (secondary N) is 1. The second-order valence-corrected chi connectivity index (χ2v) is 8.76. The summed E-state index contributed by atoms with van der Waals surface area (Å²) >= 11 is 0. The van der Waals surface area contributed by atoms with Crippen molar-refractivity contribution >= 4 is 17.3 Å². The van der Waals surface area contributed by atoms with Gasteiger partial charge in [0.05, 0.1) is 5.69 Å². The molecule has 0 unspecified atom stereocenters. The molecule has 156 valence electrons. The van der Waals surface area contributed by atoms with Gasteiger partial charge in [-0.1, -0.05) is 0 Å².